The van der Waals surface area contributed by atoms with Crippen molar-refractivity contribution in [3.63, 3.8) is 0 Å². The number of hydrogen-bond donors (Lipinski definition) is 2. The quantitative estimate of drug-likeness (QED) is 0.769. The lowest BCUT2D eigenvalue weighted by molar-refractivity contribution is -0.120. The Hall–Kier alpha value is -1.63. The van der Waals surface area contributed by atoms with Crippen molar-refractivity contribution >= 4 is 58.3 Å². The second-order valence-electron chi connectivity index (χ2n) is 5.19. The average Bonchev–Trinajstić information content (AvgIpc) is 2.56. The van der Waals surface area contributed by atoms with Gasteiger partial charge in [-0.1, -0.05) is 23.7 Å². The Balaban J connectivity index is 1.69. The van der Waals surface area contributed by atoms with Gasteiger partial charge in [0.1, 0.15) is 0 Å². The number of rotatable bonds is 4. The van der Waals surface area contributed by atoms with Gasteiger partial charge in [0.25, 0.3) is 0 Å². The molecule has 0 aliphatic carbocycles. The number of carbonyl (C=O) groups excluding carboxylic acids is 2. The van der Waals surface area contributed by atoms with Crippen LogP contribution in [-0.4, -0.2) is 23.3 Å². The SMILES string of the molecule is CSc1ccccc1NC(=O)CC1Sc2cc(Cl)ccc2NC1=O. The van der Waals surface area contributed by atoms with Crippen LogP contribution >= 0.6 is 35.1 Å². The van der Waals surface area contributed by atoms with Crippen molar-refractivity contribution < 1.29 is 9.59 Å². The zero-order valence-electron chi connectivity index (χ0n) is 12.8. The zero-order valence-corrected chi connectivity index (χ0v) is 15.2. The smallest absolute Gasteiger partial charge is 0.238 e. The van der Waals surface area contributed by atoms with Gasteiger partial charge in [0.05, 0.1) is 16.6 Å². The Morgan fingerprint density at radius 3 is 2.92 bits per heavy atom. The first-order valence-corrected chi connectivity index (χ1v) is 9.75. The molecule has 0 saturated heterocycles. The van der Waals surface area contributed by atoms with Crippen LogP contribution in [0.2, 0.25) is 5.02 Å². The summed E-state index contributed by atoms with van der Waals surface area (Å²) in [6.07, 6.45) is 2.06. The lowest BCUT2D eigenvalue weighted by Crippen LogP contribution is -2.32. The monoisotopic (exact) mass is 378 g/mol. The molecule has 4 nitrogen and oxygen atoms in total. The summed E-state index contributed by atoms with van der Waals surface area (Å²) in [5, 5.41) is 5.84. The molecule has 2 N–H and O–H groups in total. The molecule has 124 valence electrons. The molecule has 0 bridgehead atoms. The molecule has 1 atom stereocenters. The zero-order chi connectivity index (χ0) is 17.1. The Kier molecular flexibility index (Phi) is 5.38. The third-order valence-electron chi connectivity index (χ3n) is 3.52. The first kappa shape index (κ1) is 17.2. The van der Waals surface area contributed by atoms with Crippen molar-refractivity contribution in [2.24, 2.45) is 0 Å². The van der Waals surface area contributed by atoms with Crippen LogP contribution in [0.1, 0.15) is 6.42 Å². The topological polar surface area (TPSA) is 58.2 Å². The van der Waals surface area contributed by atoms with E-state index in [4.69, 9.17) is 11.6 Å². The van der Waals surface area contributed by atoms with Gasteiger partial charge in [-0.2, -0.15) is 0 Å². The van der Waals surface area contributed by atoms with Gasteiger partial charge in [-0.3, -0.25) is 9.59 Å². The first-order chi connectivity index (χ1) is 11.6. The minimum absolute atomic E-state index is 0.102. The second kappa shape index (κ2) is 7.51. The summed E-state index contributed by atoms with van der Waals surface area (Å²) in [4.78, 5) is 26.4. The molecule has 0 saturated carbocycles. The van der Waals surface area contributed by atoms with Gasteiger partial charge in [-0.05, 0) is 36.6 Å². The van der Waals surface area contributed by atoms with E-state index in [0.717, 1.165) is 21.2 Å². The summed E-state index contributed by atoms with van der Waals surface area (Å²) >= 11 is 8.93. The van der Waals surface area contributed by atoms with E-state index < -0.39 is 5.25 Å². The Morgan fingerprint density at radius 1 is 1.33 bits per heavy atom. The average molecular weight is 379 g/mol. The van der Waals surface area contributed by atoms with Crippen molar-refractivity contribution in [1.82, 2.24) is 0 Å². The van der Waals surface area contributed by atoms with Crippen LogP contribution in [0.5, 0.6) is 0 Å². The maximum absolute atomic E-state index is 12.3. The molecular weight excluding hydrogens is 364 g/mol. The van der Waals surface area contributed by atoms with E-state index in [2.05, 4.69) is 10.6 Å². The van der Waals surface area contributed by atoms with Gasteiger partial charge < -0.3 is 10.6 Å². The summed E-state index contributed by atoms with van der Waals surface area (Å²) in [5.41, 5.74) is 1.50. The molecule has 1 aliphatic heterocycles. The number of carbonyl (C=O) groups is 2. The van der Waals surface area contributed by atoms with Gasteiger partial charge in [-0.25, -0.2) is 0 Å². The van der Waals surface area contributed by atoms with Crippen molar-refractivity contribution in [3.05, 3.63) is 47.5 Å². The lowest BCUT2D eigenvalue weighted by Gasteiger charge is -2.24. The largest absolute Gasteiger partial charge is 0.325 e. The van der Waals surface area contributed by atoms with E-state index >= 15 is 0 Å². The summed E-state index contributed by atoms with van der Waals surface area (Å²) in [6, 6.07) is 12.9. The highest BCUT2D eigenvalue weighted by Crippen LogP contribution is 2.38. The lowest BCUT2D eigenvalue weighted by atomic mass is 10.2. The van der Waals surface area contributed by atoms with Crippen LogP contribution in [0, 0.1) is 0 Å². The third kappa shape index (κ3) is 3.88. The number of fused-ring (bicyclic) bond motifs is 1. The van der Waals surface area contributed by atoms with E-state index in [0.29, 0.717) is 5.02 Å². The molecule has 1 heterocycles. The first-order valence-electron chi connectivity index (χ1n) is 7.27. The number of hydrogen-bond acceptors (Lipinski definition) is 4. The molecule has 1 unspecified atom stereocenters. The van der Waals surface area contributed by atoms with Crippen molar-refractivity contribution in [3.8, 4) is 0 Å². The van der Waals surface area contributed by atoms with Crippen LogP contribution in [0.25, 0.3) is 0 Å². The summed E-state index contributed by atoms with van der Waals surface area (Å²) in [5.74, 6) is -0.349. The van der Waals surface area contributed by atoms with Gasteiger partial charge in [-0.15, -0.1) is 23.5 Å². The predicted molar refractivity (Wildman–Crippen MR) is 101 cm³/mol. The summed E-state index contributed by atoms with van der Waals surface area (Å²) in [6.45, 7) is 0. The number of thioether (sulfide) groups is 2. The number of halogens is 1. The van der Waals surface area contributed by atoms with E-state index in [9.17, 15) is 9.59 Å². The number of anilines is 2. The van der Waals surface area contributed by atoms with Crippen LogP contribution in [0.3, 0.4) is 0 Å². The fourth-order valence-electron chi connectivity index (χ4n) is 2.37. The molecule has 0 spiro atoms. The molecule has 0 radical (unpaired) electrons. The van der Waals surface area contributed by atoms with E-state index in [-0.39, 0.29) is 18.2 Å². The minimum Gasteiger partial charge on any atom is -0.325 e. The van der Waals surface area contributed by atoms with E-state index in [1.54, 1.807) is 30.0 Å². The third-order valence-corrected chi connectivity index (χ3v) is 5.80. The van der Waals surface area contributed by atoms with Gasteiger partial charge in [0, 0.05) is 21.2 Å². The maximum Gasteiger partial charge on any atom is 0.238 e. The Bertz CT molecular complexity index is 798. The molecule has 0 fully saturated rings. The predicted octanol–water partition coefficient (Wildman–Crippen LogP) is 4.50. The van der Waals surface area contributed by atoms with Crippen LogP contribution in [0.15, 0.2) is 52.3 Å². The Labute approximate surface area is 153 Å². The highest BCUT2D eigenvalue weighted by Gasteiger charge is 2.29. The molecule has 0 aromatic heterocycles. The van der Waals surface area contributed by atoms with Crippen molar-refractivity contribution in [2.75, 3.05) is 16.9 Å². The van der Waals surface area contributed by atoms with Crippen LogP contribution in [0.4, 0.5) is 11.4 Å². The summed E-state index contributed by atoms with van der Waals surface area (Å²) < 4.78 is 0. The standard InChI is InChI=1S/C17H15ClN2O2S2/c1-23-13-5-3-2-4-11(13)19-16(21)9-15-17(22)20-12-7-6-10(18)8-14(12)24-15/h2-8,15H,9H2,1H3,(H,19,21)(H,20,22). The molecular formula is C17H15ClN2O2S2. The van der Waals surface area contributed by atoms with Crippen molar-refractivity contribution in [2.45, 2.75) is 21.5 Å². The second-order valence-corrected chi connectivity index (χ2v) is 7.72. The highest BCUT2D eigenvalue weighted by atomic mass is 35.5. The molecule has 3 rings (SSSR count). The molecule has 2 amide bonds. The Morgan fingerprint density at radius 2 is 2.12 bits per heavy atom. The minimum atomic E-state index is -0.475. The molecule has 7 heteroatoms. The van der Waals surface area contributed by atoms with Gasteiger partial charge in [0.15, 0.2) is 0 Å². The number of nitrogens with one attached hydrogen (secondary N) is 2. The van der Waals surface area contributed by atoms with Crippen LogP contribution in [-0.2, 0) is 9.59 Å². The van der Waals surface area contributed by atoms with Gasteiger partial charge in [0.2, 0.25) is 11.8 Å². The molecule has 2 aromatic carbocycles. The van der Waals surface area contributed by atoms with Crippen molar-refractivity contribution in [1.29, 1.82) is 0 Å². The maximum atomic E-state index is 12.3. The fraction of sp³-hybridized carbons (Fsp3) is 0.176. The normalized spacial score (nSPS) is 16.2. The van der Waals surface area contributed by atoms with Crippen LogP contribution < -0.4 is 10.6 Å². The van der Waals surface area contributed by atoms with E-state index in [1.807, 2.05) is 30.5 Å². The number of benzene rings is 2. The van der Waals surface area contributed by atoms with Gasteiger partial charge >= 0.3 is 0 Å². The highest BCUT2D eigenvalue weighted by molar-refractivity contribution is 8.01. The molecule has 2 aromatic rings. The number of para-hydroxylation sites is 1. The molecule has 24 heavy (non-hydrogen) atoms. The summed E-state index contributed by atoms with van der Waals surface area (Å²) in [7, 11) is 0. The van der Waals surface area contributed by atoms with E-state index in [1.165, 1.54) is 11.8 Å². The fourth-order valence-corrected chi connectivity index (χ4v) is 4.31. The number of amides is 2. The molecule has 1 aliphatic rings.